The van der Waals surface area contributed by atoms with Crippen molar-refractivity contribution in [3.05, 3.63) is 46.4 Å². The number of aromatic amines is 1. The zero-order valence-corrected chi connectivity index (χ0v) is 13.0. The molecular formula is C15H15FN4OS. The van der Waals surface area contributed by atoms with E-state index in [-0.39, 0.29) is 17.4 Å². The normalized spacial score (nSPS) is 12.5. The van der Waals surface area contributed by atoms with Gasteiger partial charge < -0.3 is 9.88 Å². The van der Waals surface area contributed by atoms with E-state index >= 15 is 0 Å². The topological polar surface area (TPSA) is 61.9 Å². The van der Waals surface area contributed by atoms with Crippen LogP contribution < -0.4 is 0 Å². The van der Waals surface area contributed by atoms with Gasteiger partial charge in [0.25, 0.3) is 5.91 Å². The van der Waals surface area contributed by atoms with Gasteiger partial charge in [0, 0.05) is 31.1 Å². The molecule has 5 nitrogen and oxygen atoms in total. The molecule has 22 heavy (non-hydrogen) atoms. The molecule has 2 aromatic heterocycles. The van der Waals surface area contributed by atoms with E-state index in [0.29, 0.717) is 17.6 Å². The van der Waals surface area contributed by atoms with Gasteiger partial charge in [-0.05, 0) is 12.1 Å². The lowest BCUT2D eigenvalue weighted by molar-refractivity contribution is 0.0789. The van der Waals surface area contributed by atoms with Gasteiger partial charge in [0.2, 0.25) is 0 Å². The fourth-order valence-electron chi connectivity index (χ4n) is 2.43. The fraction of sp³-hybridized carbons (Fsp3) is 0.267. The summed E-state index contributed by atoms with van der Waals surface area (Å²) in [5.41, 5.74) is 1.27. The van der Waals surface area contributed by atoms with Crippen molar-refractivity contribution >= 4 is 28.3 Å². The first-order valence-corrected chi connectivity index (χ1v) is 7.71. The van der Waals surface area contributed by atoms with Crippen molar-refractivity contribution in [3.8, 4) is 0 Å². The number of fused-ring (bicyclic) bond motifs is 1. The Kier molecular flexibility index (Phi) is 3.89. The number of thiazole rings is 1. The maximum Gasteiger partial charge on any atom is 0.255 e. The molecule has 0 spiro atoms. The van der Waals surface area contributed by atoms with Gasteiger partial charge in [-0.25, -0.2) is 14.4 Å². The molecular weight excluding hydrogens is 303 g/mol. The van der Waals surface area contributed by atoms with Crippen LogP contribution in [0.25, 0.3) is 11.0 Å². The number of H-pyrrole nitrogens is 1. The maximum absolute atomic E-state index is 13.7. The summed E-state index contributed by atoms with van der Waals surface area (Å²) in [6.45, 7) is 2.52. The van der Waals surface area contributed by atoms with Gasteiger partial charge in [-0.15, -0.1) is 11.3 Å². The Morgan fingerprint density at radius 3 is 3.00 bits per heavy atom. The van der Waals surface area contributed by atoms with E-state index in [1.54, 1.807) is 29.5 Å². The highest BCUT2D eigenvalue weighted by atomic mass is 32.1. The quantitative estimate of drug-likeness (QED) is 0.804. The van der Waals surface area contributed by atoms with Crippen LogP contribution in [-0.2, 0) is 0 Å². The number of nitrogens with one attached hydrogen (secondary N) is 1. The zero-order chi connectivity index (χ0) is 15.7. The first-order valence-electron chi connectivity index (χ1n) is 6.83. The smallest absolute Gasteiger partial charge is 0.255 e. The molecule has 3 aromatic rings. The number of likely N-dealkylation sites (N-methyl/N-ethyl adjacent to an activating group) is 1. The van der Waals surface area contributed by atoms with Gasteiger partial charge in [-0.2, -0.15) is 0 Å². The van der Waals surface area contributed by atoms with Crippen LogP contribution in [0.3, 0.4) is 0 Å². The molecule has 2 heterocycles. The van der Waals surface area contributed by atoms with Crippen molar-refractivity contribution in [2.45, 2.75) is 12.8 Å². The summed E-state index contributed by atoms with van der Waals surface area (Å²) in [5, 5.41) is 2.89. The predicted molar refractivity (Wildman–Crippen MR) is 83.5 cm³/mol. The molecule has 1 N–H and O–H groups in total. The average molecular weight is 318 g/mol. The highest BCUT2D eigenvalue weighted by molar-refractivity contribution is 7.09. The van der Waals surface area contributed by atoms with E-state index in [2.05, 4.69) is 15.0 Å². The van der Waals surface area contributed by atoms with E-state index in [0.717, 1.165) is 5.01 Å². The number of carbonyl (C=O) groups excluding carboxylic acids is 1. The molecule has 0 aliphatic rings. The second-order valence-electron chi connectivity index (χ2n) is 5.21. The van der Waals surface area contributed by atoms with E-state index in [4.69, 9.17) is 0 Å². The van der Waals surface area contributed by atoms with E-state index in [1.165, 1.54) is 18.5 Å². The van der Waals surface area contributed by atoms with Crippen LogP contribution >= 0.6 is 11.3 Å². The van der Waals surface area contributed by atoms with Gasteiger partial charge in [0.05, 0.1) is 22.4 Å². The van der Waals surface area contributed by atoms with Crippen LogP contribution in [0.2, 0.25) is 0 Å². The third-order valence-electron chi connectivity index (χ3n) is 3.49. The number of halogens is 1. The molecule has 7 heteroatoms. The highest BCUT2D eigenvalue weighted by Gasteiger charge is 2.20. The van der Waals surface area contributed by atoms with E-state index < -0.39 is 5.82 Å². The number of amides is 1. The molecule has 0 fully saturated rings. The van der Waals surface area contributed by atoms with E-state index in [1.807, 2.05) is 12.3 Å². The van der Waals surface area contributed by atoms with Gasteiger partial charge in [-0.1, -0.05) is 6.92 Å². The molecule has 0 unspecified atom stereocenters. The van der Waals surface area contributed by atoms with E-state index in [9.17, 15) is 9.18 Å². The van der Waals surface area contributed by atoms with Crippen molar-refractivity contribution in [2.75, 3.05) is 13.6 Å². The molecule has 0 saturated heterocycles. The molecule has 0 saturated carbocycles. The lowest BCUT2D eigenvalue weighted by atomic mass is 10.1. The molecule has 1 amide bonds. The summed E-state index contributed by atoms with van der Waals surface area (Å²) in [5.74, 6) is -0.585. The first kappa shape index (κ1) is 14.6. The van der Waals surface area contributed by atoms with Crippen LogP contribution in [0.4, 0.5) is 4.39 Å². The van der Waals surface area contributed by atoms with Gasteiger partial charge in [-0.3, -0.25) is 4.79 Å². The van der Waals surface area contributed by atoms with Crippen LogP contribution in [0.1, 0.15) is 28.2 Å². The second kappa shape index (κ2) is 5.84. The minimum absolute atomic E-state index is 0.122. The molecule has 114 valence electrons. The Hall–Kier alpha value is -2.28. The van der Waals surface area contributed by atoms with Crippen LogP contribution in [0.15, 0.2) is 30.0 Å². The number of nitrogens with zero attached hydrogens (tertiary/aromatic N) is 3. The van der Waals surface area contributed by atoms with Crippen LogP contribution in [0.5, 0.6) is 0 Å². The number of rotatable bonds is 4. The summed E-state index contributed by atoms with van der Waals surface area (Å²) >= 11 is 1.56. The standard InChI is InChI=1S/C15H15FN4OS/c1-9(14-17-3-4-22-14)7-20(2)15(21)11-5-10(16)6-12-13(11)19-8-18-12/h3-6,8-9H,7H2,1-2H3,(H,18,19)/t9-/m0/s1. The molecule has 1 atom stereocenters. The zero-order valence-electron chi connectivity index (χ0n) is 12.2. The molecule has 3 rings (SSSR count). The first-order chi connectivity index (χ1) is 10.6. The third kappa shape index (κ3) is 2.71. The summed E-state index contributed by atoms with van der Waals surface area (Å²) in [4.78, 5) is 25.4. The minimum Gasteiger partial charge on any atom is -0.344 e. The Balaban J connectivity index is 1.84. The second-order valence-corrected chi connectivity index (χ2v) is 6.14. The Morgan fingerprint density at radius 1 is 1.45 bits per heavy atom. The van der Waals surface area contributed by atoms with Crippen molar-refractivity contribution in [2.24, 2.45) is 0 Å². The third-order valence-corrected chi connectivity index (χ3v) is 4.49. The number of imidazole rings is 1. The summed E-state index contributed by atoms with van der Waals surface area (Å²) in [6.07, 6.45) is 3.21. The summed E-state index contributed by atoms with van der Waals surface area (Å²) in [6, 6.07) is 2.56. The average Bonchev–Trinajstić information content (AvgIpc) is 3.16. The molecule has 0 aliphatic carbocycles. The van der Waals surface area contributed by atoms with Gasteiger partial charge in [0.15, 0.2) is 0 Å². The maximum atomic E-state index is 13.7. The largest absolute Gasteiger partial charge is 0.344 e. The van der Waals surface area contributed by atoms with Gasteiger partial charge >= 0.3 is 0 Å². The number of hydrogen-bond donors (Lipinski definition) is 1. The number of benzene rings is 1. The van der Waals surface area contributed by atoms with Crippen molar-refractivity contribution in [1.29, 1.82) is 0 Å². The molecule has 0 bridgehead atoms. The molecule has 1 aromatic carbocycles. The number of hydrogen-bond acceptors (Lipinski definition) is 4. The Labute approximate surface area is 130 Å². The number of aromatic nitrogens is 3. The SMILES string of the molecule is C[C@@H](CN(C)C(=O)c1cc(F)cc2[nH]cnc12)c1nccs1. The predicted octanol–water partition coefficient (Wildman–Crippen LogP) is 3.03. The lowest BCUT2D eigenvalue weighted by Crippen LogP contribution is -2.30. The Bertz CT molecular complexity index is 799. The van der Waals surface area contributed by atoms with Crippen LogP contribution in [-0.4, -0.2) is 39.4 Å². The fourth-order valence-corrected chi connectivity index (χ4v) is 3.12. The van der Waals surface area contributed by atoms with Gasteiger partial charge in [0.1, 0.15) is 11.3 Å². The summed E-state index contributed by atoms with van der Waals surface area (Å²) < 4.78 is 13.7. The molecule has 0 aliphatic heterocycles. The monoisotopic (exact) mass is 318 g/mol. The number of carbonyl (C=O) groups is 1. The van der Waals surface area contributed by atoms with Crippen molar-refractivity contribution < 1.29 is 9.18 Å². The lowest BCUT2D eigenvalue weighted by Gasteiger charge is -2.20. The van der Waals surface area contributed by atoms with Crippen LogP contribution in [0, 0.1) is 5.82 Å². The molecule has 0 radical (unpaired) electrons. The summed E-state index contributed by atoms with van der Waals surface area (Å²) in [7, 11) is 1.70. The highest BCUT2D eigenvalue weighted by Crippen LogP contribution is 2.22. The van der Waals surface area contributed by atoms with Crippen molar-refractivity contribution in [3.63, 3.8) is 0 Å². The van der Waals surface area contributed by atoms with Crippen molar-refractivity contribution in [1.82, 2.24) is 19.9 Å². The minimum atomic E-state index is -0.457. The Morgan fingerprint density at radius 2 is 2.27 bits per heavy atom.